The van der Waals surface area contributed by atoms with Gasteiger partial charge in [-0.3, -0.25) is 0 Å². The summed E-state index contributed by atoms with van der Waals surface area (Å²) in [7, 11) is 1.61. The lowest BCUT2D eigenvalue weighted by Crippen LogP contribution is -2.30. The summed E-state index contributed by atoms with van der Waals surface area (Å²) in [5, 5.41) is 0. The molecule has 0 unspecified atom stereocenters. The third-order valence-electron chi connectivity index (χ3n) is 3.57. The van der Waals surface area contributed by atoms with Crippen LogP contribution in [0, 0.1) is 13.8 Å². The van der Waals surface area contributed by atoms with E-state index in [1.807, 2.05) is 26.0 Å². The Morgan fingerprint density at radius 1 is 1.27 bits per heavy atom. The first-order valence-electron chi connectivity index (χ1n) is 7.46. The van der Waals surface area contributed by atoms with Gasteiger partial charge in [0, 0.05) is 5.56 Å². The van der Waals surface area contributed by atoms with Gasteiger partial charge in [0.2, 0.25) is 0 Å². The van der Waals surface area contributed by atoms with Crippen molar-refractivity contribution in [1.82, 2.24) is 0 Å². The van der Waals surface area contributed by atoms with Gasteiger partial charge < -0.3 is 18.9 Å². The Bertz CT molecular complexity index is 564. The number of benzene rings is 1. The van der Waals surface area contributed by atoms with Crippen molar-refractivity contribution >= 4 is 5.97 Å². The van der Waals surface area contributed by atoms with Crippen molar-refractivity contribution in [1.29, 1.82) is 0 Å². The highest BCUT2D eigenvalue weighted by Crippen LogP contribution is 2.43. The second kappa shape index (κ2) is 6.26. The molecule has 1 aliphatic heterocycles. The molecule has 1 saturated heterocycles. The van der Waals surface area contributed by atoms with Crippen molar-refractivity contribution in [2.75, 3.05) is 13.7 Å². The van der Waals surface area contributed by atoms with Gasteiger partial charge in [-0.25, -0.2) is 4.79 Å². The topological polar surface area (TPSA) is 54.0 Å². The molecule has 2 atom stereocenters. The maximum Gasteiger partial charge on any atom is 0.338 e. The summed E-state index contributed by atoms with van der Waals surface area (Å²) in [6.45, 7) is 9.61. The van der Waals surface area contributed by atoms with Crippen LogP contribution in [0.15, 0.2) is 12.1 Å². The second-order valence-corrected chi connectivity index (χ2v) is 5.93. The third-order valence-corrected chi connectivity index (χ3v) is 3.57. The number of carbonyl (C=O) groups is 1. The Kier molecular flexibility index (Phi) is 4.78. The summed E-state index contributed by atoms with van der Waals surface area (Å²) in [5.74, 6) is -0.560. The molecular weight excluding hydrogens is 284 g/mol. The maximum absolute atomic E-state index is 12.2. The van der Waals surface area contributed by atoms with Gasteiger partial charge in [0.1, 0.15) is 11.9 Å². The van der Waals surface area contributed by atoms with Crippen molar-refractivity contribution < 1.29 is 23.7 Å². The zero-order valence-electron chi connectivity index (χ0n) is 14.1. The van der Waals surface area contributed by atoms with Crippen LogP contribution in [0.2, 0.25) is 0 Å². The minimum absolute atomic E-state index is 0.301. The number of carbonyl (C=O) groups excluding carboxylic acids is 1. The lowest BCUT2D eigenvalue weighted by molar-refractivity contribution is -0.170. The van der Waals surface area contributed by atoms with Crippen LogP contribution >= 0.6 is 0 Å². The summed E-state index contributed by atoms with van der Waals surface area (Å²) in [6, 6.07) is 4.00. The maximum atomic E-state index is 12.2. The lowest BCUT2D eigenvalue weighted by Gasteiger charge is -2.21. The molecule has 1 aromatic rings. The first-order chi connectivity index (χ1) is 10.3. The van der Waals surface area contributed by atoms with E-state index in [2.05, 4.69) is 0 Å². The molecule has 5 nitrogen and oxygen atoms in total. The van der Waals surface area contributed by atoms with E-state index in [1.54, 1.807) is 27.9 Å². The molecule has 0 spiro atoms. The highest BCUT2D eigenvalue weighted by atomic mass is 16.8. The molecule has 0 N–H and O–H groups in total. The fraction of sp³-hybridized carbons (Fsp3) is 0.588. The van der Waals surface area contributed by atoms with Gasteiger partial charge >= 0.3 is 5.97 Å². The molecule has 0 saturated carbocycles. The highest BCUT2D eigenvalue weighted by molar-refractivity contribution is 5.76. The minimum atomic E-state index is -0.856. The molecule has 1 fully saturated rings. The summed E-state index contributed by atoms with van der Waals surface area (Å²) in [4.78, 5) is 12.2. The first-order valence-corrected chi connectivity index (χ1v) is 7.46. The Balaban J connectivity index is 2.46. The summed E-state index contributed by atoms with van der Waals surface area (Å²) in [5.41, 5.74) is 2.88. The van der Waals surface area contributed by atoms with E-state index in [9.17, 15) is 4.79 Å². The summed E-state index contributed by atoms with van der Waals surface area (Å²) < 4.78 is 22.4. The molecule has 122 valence electrons. The fourth-order valence-electron chi connectivity index (χ4n) is 2.86. The Hall–Kier alpha value is -1.59. The number of hydrogen-bond donors (Lipinski definition) is 0. The standard InChI is InChI=1S/C17H24O5/c1-7-20-16(18)15-14(21-17(4,5)22-15)12-9-10(2)8-11(3)13(12)19-6/h8-9,14-15H,7H2,1-6H3/t14-,15+/m0/s1. The van der Waals surface area contributed by atoms with Crippen LogP contribution in [-0.4, -0.2) is 31.6 Å². The zero-order valence-corrected chi connectivity index (χ0v) is 14.1. The van der Waals surface area contributed by atoms with Crippen molar-refractivity contribution in [2.45, 2.75) is 52.6 Å². The van der Waals surface area contributed by atoms with E-state index >= 15 is 0 Å². The number of aryl methyl sites for hydroxylation is 2. The number of rotatable bonds is 4. The zero-order chi connectivity index (χ0) is 16.5. The van der Waals surface area contributed by atoms with E-state index in [1.165, 1.54) is 0 Å². The quantitative estimate of drug-likeness (QED) is 0.800. The van der Waals surface area contributed by atoms with Crippen LogP contribution in [-0.2, 0) is 19.0 Å². The van der Waals surface area contributed by atoms with Gasteiger partial charge in [-0.1, -0.05) is 11.6 Å². The molecule has 2 rings (SSSR count). The molecule has 1 aliphatic rings. The minimum Gasteiger partial charge on any atom is -0.496 e. The Morgan fingerprint density at radius 3 is 2.55 bits per heavy atom. The van der Waals surface area contributed by atoms with E-state index < -0.39 is 24.0 Å². The molecule has 0 aliphatic carbocycles. The van der Waals surface area contributed by atoms with Crippen LogP contribution in [0.1, 0.15) is 43.6 Å². The largest absolute Gasteiger partial charge is 0.496 e. The van der Waals surface area contributed by atoms with E-state index in [-0.39, 0.29) is 0 Å². The van der Waals surface area contributed by atoms with Gasteiger partial charge in [0.05, 0.1) is 13.7 Å². The third kappa shape index (κ3) is 3.25. The van der Waals surface area contributed by atoms with E-state index in [0.717, 1.165) is 16.7 Å². The monoisotopic (exact) mass is 308 g/mol. The molecule has 0 amide bonds. The van der Waals surface area contributed by atoms with Crippen LogP contribution in [0.25, 0.3) is 0 Å². The smallest absolute Gasteiger partial charge is 0.338 e. The summed E-state index contributed by atoms with van der Waals surface area (Å²) in [6.07, 6.45) is -1.35. The predicted octanol–water partition coefficient (Wildman–Crippen LogP) is 3.07. The van der Waals surface area contributed by atoms with Gasteiger partial charge in [-0.2, -0.15) is 0 Å². The van der Waals surface area contributed by atoms with Crippen molar-refractivity contribution in [3.8, 4) is 5.75 Å². The Morgan fingerprint density at radius 2 is 1.95 bits per heavy atom. The molecule has 0 aromatic heterocycles. The summed E-state index contributed by atoms with van der Waals surface area (Å²) >= 11 is 0. The SMILES string of the molecule is CCOC(=O)[C@@H]1OC(C)(C)O[C@H]1c1cc(C)cc(C)c1OC. The Labute approximate surface area is 131 Å². The van der Waals surface area contributed by atoms with Gasteiger partial charge in [-0.15, -0.1) is 0 Å². The molecule has 1 aromatic carbocycles. The van der Waals surface area contributed by atoms with E-state index in [0.29, 0.717) is 12.4 Å². The number of methoxy groups -OCH3 is 1. The number of esters is 1. The fourth-order valence-corrected chi connectivity index (χ4v) is 2.86. The average Bonchev–Trinajstić information content (AvgIpc) is 2.74. The van der Waals surface area contributed by atoms with E-state index in [4.69, 9.17) is 18.9 Å². The van der Waals surface area contributed by atoms with Crippen molar-refractivity contribution in [2.24, 2.45) is 0 Å². The molecule has 1 heterocycles. The highest BCUT2D eigenvalue weighted by Gasteiger charge is 2.48. The first kappa shape index (κ1) is 16.8. The van der Waals surface area contributed by atoms with Crippen molar-refractivity contribution in [3.05, 3.63) is 28.8 Å². The van der Waals surface area contributed by atoms with Gasteiger partial charge in [0.15, 0.2) is 11.9 Å². The number of hydrogen-bond acceptors (Lipinski definition) is 5. The second-order valence-electron chi connectivity index (χ2n) is 5.93. The molecule has 22 heavy (non-hydrogen) atoms. The van der Waals surface area contributed by atoms with Crippen LogP contribution in [0.5, 0.6) is 5.75 Å². The molecule has 0 radical (unpaired) electrons. The molecular formula is C17H24O5. The average molecular weight is 308 g/mol. The normalized spacial score (nSPS) is 23.4. The van der Waals surface area contributed by atoms with Crippen LogP contribution in [0.4, 0.5) is 0 Å². The van der Waals surface area contributed by atoms with Gasteiger partial charge in [0.25, 0.3) is 0 Å². The predicted molar refractivity (Wildman–Crippen MR) is 81.9 cm³/mol. The van der Waals surface area contributed by atoms with Crippen LogP contribution in [0.3, 0.4) is 0 Å². The molecule has 5 heteroatoms. The van der Waals surface area contributed by atoms with Crippen LogP contribution < -0.4 is 4.74 Å². The van der Waals surface area contributed by atoms with Gasteiger partial charge in [-0.05, 0) is 46.2 Å². The molecule has 0 bridgehead atoms. The number of ether oxygens (including phenoxy) is 4. The lowest BCUT2D eigenvalue weighted by atomic mass is 9.98. The van der Waals surface area contributed by atoms with Crippen molar-refractivity contribution in [3.63, 3.8) is 0 Å².